The van der Waals surface area contributed by atoms with E-state index in [1.807, 2.05) is 30.3 Å². The number of nitrogens with one attached hydrogen (secondary N) is 2. The number of carbonyl (C=O) groups excluding carboxylic acids is 2. The number of carbonyl (C=O) groups is 2. The molecule has 0 aliphatic rings. The standard InChI is InChI=1S/C14H19N3O4/c1-4-21-13(18)12(10(2)16-17-14(19)20-3)15-11-8-6-5-7-9-11/h5-9,12,15H,4H2,1-3H3,(H,17,19). The van der Waals surface area contributed by atoms with Crippen molar-refractivity contribution in [2.75, 3.05) is 19.0 Å². The van der Waals surface area contributed by atoms with Crippen molar-refractivity contribution in [1.29, 1.82) is 0 Å². The fourth-order valence-corrected chi connectivity index (χ4v) is 1.50. The predicted molar refractivity (Wildman–Crippen MR) is 79.1 cm³/mol. The van der Waals surface area contributed by atoms with Gasteiger partial charge in [0.15, 0.2) is 6.04 Å². The van der Waals surface area contributed by atoms with Gasteiger partial charge in [-0.1, -0.05) is 18.2 Å². The van der Waals surface area contributed by atoms with E-state index in [4.69, 9.17) is 4.74 Å². The maximum Gasteiger partial charge on any atom is 0.427 e. The first-order valence-electron chi connectivity index (χ1n) is 6.44. The average molecular weight is 293 g/mol. The van der Waals surface area contributed by atoms with E-state index in [-0.39, 0.29) is 6.61 Å². The molecule has 0 fully saturated rings. The second kappa shape index (κ2) is 8.57. The van der Waals surface area contributed by atoms with Crippen LogP contribution in [0, 0.1) is 0 Å². The Hall–Kier alpha value is -2.57. The molecular formula is C14H19N3O4. The van der Waals surface area contributed by atoms with Gasteiger partial charge in [-0.25, -0.2) is 15.0 Å². The fourth-order valence-electron chi connectivity index (χ4n) is 1.50. The van der Waals surface area contributed by atoms with Crippen LogP contribution in [-0.2, 0) is 14.3 Å². The summed E-state index contributed by atoms with van der Waals surface area (Å²) in [5.41, 5.74) is 3.26. The van der Waals surface area contributed by atoms with Crippen molar-refractivity contribution in [2.24, 2.45) is 5.10 Å². The van der Waals surface area contributed by atoms with E-state index in [9.17, 15) is 9.59 Å². The molecule has 1 amide bonds. The summed E-state index contributed by atoms with van der Waals surface area (Å²) in [5, 5.41) is 6.83. The van der Waals surface area contributed by atoms with E-state index in [1.165, 1.54) is 7.11 Å². The molecular weight excluding hydrogens is 274 g/mol. The number of methoxy groups -OCH3 is 1. The van der Waals surface area contributed by atoms with Gasteiger partial charge in [-0.05, 0) is 26.0 Å². The van der Waals surface area contributed by atoms with Crippen LogP contribution >= 0.6 is 0 Å². The number of hydrazone groups is 1. The Morgan fingerprint density at radius 1 is 1.29 bits per heavy atom. The Morgan fingerprint density at radius 3 is 2.52 bits per heavy atom. The third-order valence-corrected chi connectivity index (χ3v) is 2.53. The first-order chi connectivity index (χ1) is 10.1. The topological polar surface area (TPSA) is 89.0 Å². The number of benzene rings is 1. The van der Waals surface area contributed by atoms with Gasteiger partial charge in [0.1, 0.15) is 0 Å². The third kappa shape index (κ3) is 5.52. The molecule has 114 valence electrons. The van der Waals surface area contributed by atoms with E-state index in [0.717, 1.165) is 5.69 Å². The molecule has 7 nitrogen and oxygen atoms in total. The number of nitrogens with zero attached hydrogens (tertiary/aromatic N) is 1. The van der Waals surface area contributed by atoms with Crippen LogP contribution in [0.15, 0.2) is 35.4 Å². The van der Waals surface area contributed by atoms with Crippen LogP contribution in [0.1, 0.15) is 13.8 Å². The summed E-state index contributed by atoms with van der Waals surface area (Å²) < 4.78 is 9.42. The molecule has 1 aromatic carbocycles. The predicted octanol–water partition coefficient (Wildman–Crippen LogP) is 1.76. The van der Waals surface area contributed by atoms with Gasteiger partial charge in [-0.2, -0.15) is 5.10 Å². The van der Waals surface area contributed by atoms with Crippen molar-refractivity contribution in [3.8, 4) is 0 Å². The quantitative estimate of drug-likeness (QED) is 0.474. The maximum atomic E-state index is 12.0. The summed E-state index contributed by atoms with van der Waals surface area (Å²) in [5.74, 6) is -0.478. The first kappa shape index (κ1) is 16.5. The van der Waals surface area contributed by atoms with E-state index in [0.29, 0.717) is 5.71 Å². The highest BCUT2D eigenvalue weighted by Gasteiger charge is 2.23. The summed E-state index contributed by atoms with van der Waals surface area (Å²) in [7, 11) is 1.23. The highest BCUT2D eigenvalue weighted by Crippen LogP contribution is 2.09. The highest BCUT2D eigenvalue weighted by atomic mass is 16.5. The number of hydrogen-bond acceptors (Lipinski definition) is 6. The number of para-hydroxylation sites is 1. The van der Waals surface area contributed by atoms with Crippen LogP contribution < -0.4 is 10.7 Å². The Kier molecular flexibility index (Phi) is 6.73. The van der Waals surface area contributed by atoms with Crippen LogP contribution in [0.2, 0.25) is 0 Å². The monoisotopic (exact) mass is 293 g/mol. The minimum absolute atomic E-state index is 0.253. The lowest BCUT2D eigenvalue weighted by molar-refractivity contribution is -0.142. The number of rotatable bonds is 6. The molecule has 0 bridgehead atoms. The summed E-state index contributed by atoms with van der Waals surface area (Å²) in [6, 6.07) is 8.36. The van der Waals surface area contributed by atoms with Gasteiger partial charge in [0.25, 0.3) is 0 Å². The van der Waals surface area contributed by atoms with E-state index < -0.39 is 18.1 Å². The van der Waals surface area contributed by atoms with Crippen LogP contribution in [-0.4, -0.2) is 37.5 Å². The lowest BCUT2D eigenvalue weighted by atomic mass is 10.2. The molecule has 1 atom stereocenters. The summed E-state index contributed by atoms with van der Waals surface area (Å²) in [6.07, 6.45) is -0.711. The second-order valence-electron chi connectivity index (χ2n) is 4.05. The molecule has 2 N–H and O–H groups in total. The minimum atomic E-state index is -0.801. The third-order valence-electron chi connectivity index (χ3n) is 2.53. The number of ether oxygens (including phenoxy) is 2. The molecule has 1 unspecified atom stereocenters. The molecule has 0 aliphatic carbocycles. The molecule has 0 saturated carbocycles. The average Bonchev–Trinajstić information content (AvgIpc) is 2.51. The lowest BCUT2D eigenvalue weighted by Crippen LogP contribution is -2.39. The maximum absolute atomic E-state index is 12.0. The van der Waals surface area contributed by atoms with Gasteiger partial charge < -0.3 is 14.8 Å². The summed E-state index contributed by atoms with van der Waals surface area (Å²) >= 11 is 0. The van der Waals surface area contributed by atoms with Gasteiger partial charge in [0.05, 0.1) is 19.4 Å². The molecule has 7 heteroatoms. The second-order valence-corrected chi connectivity index (χ2v) is 4.05. The molecule has 0 saturated heterocycles. The molecule has 1 aromatic rings. The Morgan fingerprint density at radius 2 is 1.95 bits per heavy atom. The van der Waals surface area contributed by atoms with Crippen molar-refractivity contribution in [1.82, 2.24) is 5.43 Å². The van der Waals surface area contributed by atoms with E-state index in [2.05, 4.69) is 20.6 Å². The van der Waals surface area contributed by atoms with Crippen molar-refractivity contribution in [2.45, 2.75) is 19.9 Å². The Bertz CT molecular complexity index is 502. The summed E-state index contributed by atoms with van der Waals surface area (Å²) in [4.78, 5) is 23.0. The molecule has 0 radical (unpaired) electrons. The lowest BCUT2D eigenvalue weighted by Gasteiger charge is -2.18. The first-order valence-corrected chi connectivity index (χ1v) is 6.44. The van der Waals surface area contributed by atoms with Crippen LogP contribution in [0.5, 0.6) is 0 Å². The Labute approximate surface area is 123 Å². The van der Waals surface area contributed by atoms with Gasteiger partial charge in [-0.3, -0.25) is 0 Å². The minimum Gasteiger partial charge on any atom is -0.464 e. The number of esters is 1. The van der Waals surface area contributed by atoms with Gasteiger partial charge >= 0.3 is 12.1 Å². The Balaban J connectivity index is 2.86. The van der Waals surface area contributed by atoms with Crippen molar-refractivity contribution < 1.29 is 19.1 Å². The molecule has 21 heavy (non-hydrogen) atoms. The molecule has 0 aliphatic heterocycles. The van der Waals surface area contributed by atoms with Gasteiger partial charge in [0, 0.05) is 5.69 Å². The molecule has 0 aromatic heterocycles. The van der Waals surface area contributed by atoms with Crippen molar-refractivity contribution >= 4 is 23.5 Å². The van der Waals surface area contributed by atoms with Gasteiger partial charge in [0.2, 0.25) is 0 Å². The fraction of sp³-hybridized carbons (Fsp3) is 0.357. The zero-order chi connectivity index (χ0) is 15.7. The van der Waals surface area contributed by atoms with Gasteiger partial charge in [-0.15, -0.1) is 0 Å². The largest absolute Gasteiger partial charge is 0.464 e. The van der Waals surface area contributed by atoms with E-state index in [1.54, 1.807) is 13.8 Å². The highest BCUT2D eigenvalue weighted by molar-refractivity contribution is 6.07. The van der Waals surface area contributed by atoms with E-state index >= 15 is 0 Å². The normalized spacial score (nSPS) is 12.2. The SMILES string of the molecule is CCOC(=O)C(Nc1ccccc1)C(C)=NNC(=O)OC. The van der Waals surface area contributed by atoms with Crippen molar-refractivity contribution in [3.05, 3.63) is 30.3 Å². The summed E-state index contributed by atoms with van der Waals surface area (Å²) in [6.45, 7) is 3.58. The molecule has 1 rings (SSSR count). The zero-order valence-electron chi connectivity index (χ0n) is 12.3. The molecule has 0 spiro atoms. The van der Waals surface area contributed by atoms with Crippen LogP contribution in [0.4, 0.5) is 10.5 Å². The van der Waals surface area contributed by atoms with Crippen LogP contribution in [0.25, 0.3) is 0 Å². The number of anilines is 1. The zero-order valence-corrected chi connectivity index (χ0v) is 12.3. The molecule has 0 heterocycles. The van der Waals surface area contributed by atoms with Crippen LogP contribution in [0.3, 0.4) is 0 Å². The number of amides is 1. The van der Waals surface area contributed by atoms with Crippen molar-refractivity contribution in [3.63, 3.8) is 0 Å². The smallest absolute Gasteiger partial charge is 0.427 e. The number of hydrogen-bond donors (Lipinski definition) is 2.